The van der Waals surface area contributed by atoms with Crippen molar-refractivity contribution in [2.24, 2.45) is 0 Å². The van der Waals surface area contributed by atoms with Crippen molar-refractivity contribution in [3.05, 3.63) is 65.3 Å². The van der Waals surface area contributed by atoms with Crippen LogP contribution in [0.5, 0.6) is 0 Å². The number of rotatable bonds is 3. The zero-order chi connectivity index (χ0) is 17.9. The molecule has 0 atom stereocenters. The van der Waals surface area contributed by atoms with Crippen LogP contribution in [0.2, 0.25) is 0 Å². The van der Waals surface area contributed by atoms with Gasteiger partial charge in [0.1, 0.15) is 16.4 Å². The molecule has 0 saturated carbocycles. The van der Waals surface area contributed by atoms with Crippen LogP contribution in [0.4, 0.5) is 10.1 Å². The summed E-state index contributed by atoms with van der Waals surface area (Å²) < 4.78 is 17.9. The van der Waals surface area contributed by atoms with E-state index in [-0.39, 0.29) is 11.7 Å². The molecule has 26 heavy (non-hydrogen) atoms. The number of carbonyl (C=O) groups excluding carboxylic acids is 1. The highest BCUT2D eigenvalue weighted by Gasteiger charge is 2.27. The van der Waals surface area contributed by atoms with E-state index in [0.29, 0.717) is 42.4 Å². The molecule has 0 N–H and O–H groups in total. The summed E-state index contributed by atoms with van der Waals surface area (Å²) in [6.07, 6.45) is 0. The molecular formula is C19H17FN4OS. The molecule has 2 aromatic carbocycles. The Kier molecular flexibility index (Phi) is 4.62. The van der Waals surface area contributed by atoms with E-state index < -0.39 is 0 Å². The molecule has 4 rings (SSSR count). The summed E-state index contributed by atoms with van der Waals surface area (Å²) in [7, 11) is 0. The van der Waals surface area contributed by atoms with Crippen LogP contribution in [0.25, 0.3) is 11.3 Å². The van der Waals surface area contributed by atoms with Crippen LogP contribution >= 0.6 is 11.5 Å². The first kappa shape index (κ1) is 16.7. The van der Waals surface area contributed by atoms with Crippen molar-refractivity contribution < 1.29 is 9.18 Å². The highest BCUT2D eigenvalue weighted by atomic mass is 32.1. The van der Waals surface area contributed by atoms with E-state index in [1.807, 2.05) is 41.3 Å². The first-order chi connectivity index (χ1) is 12.7. The SMILES string of the molecule is O=C(c1snnc1-c1ccccc1)N1CCN(c2ccccc2F)CC1. The van der Waals surface area contributed by atoms with Crippen molar-refractivity contribution in [2.45, 2.75) is 0 Å². The Bertz CT molecular complexity index is 907. The highest BCUT2D eigenvalue weighted by molar-refractivity contribution is 7.08. The van der Waals surface area contributed by atoms with Crippen LogP contribution in [0.3, 0.4) is 0 Å². The van der Waals surface area contributed by atoms with E-state index in [4.69, 9.17) is 0 Å². The first-order valence-corrected chi connectivity index (χ1v) is 9.18. The van der Waals surface area contributed by atoms with Gasteiger partial charge in [0.25, 0.3) is 5.91 Å². The molecule has 0 bridgehead atoms. The Morgan fingerprint density at radius 3 is 2.38 bits per heavy atom. The predicted molar refractivity (Wildman–Crippen MR) is 99.9 cm³/mol. The molecule has 2 heterocycles. The second kappa shape index (κ2) is 7.21. The zero-order valence-corrected chi connectivity index (χ0v) is 14.8. The number of aromatic nitrogens is 2. The molecule has 1 aliphatic heterocycles. The third-order valence-corrected chi connectivity index (χ3v) is 5.20. The maximum Gasteiger partial charge on any atom is 0.268 e. The van der Waals surface area contributed by atoms with E-state index >= 15 is 0 Å². The number of hydrogen-bond acceptors (Lipinski definition) is 5. The fraction of sp³-hybridized carbons (Fsp3) is 0.211. The van der Waals surface area contributed by atoms with Crippen LogP contribution in [0.15, 0.2) is 54.6 Å². The average Bonchev–Trinajstić information content (AvgIpc) is 3.18. The molecule has 1 saturated heterocycles. The molecular weight excluding hydrogens is 351 g/mol. The summed E-state index contributed by atoms with van der Waals surface area (Å²) in [6.45, 7) is 2.28. The lowest BCUT2D eigenvalue weighted by Crippen LogP contribution is -2.49. The molecule has 1 aromatic heterocycles. The maximum atomic E-state index is 14.0. The third-order valence-electron chi connectivity index (χ3n) is 4.49. The number of anilines is 1. The van der Waals surface area contributed by atoms with Crippen LogP contribution in [0.1, 0.15) is 9.67 Å². The van der Waals surface area contributed by atoms with E-state index in [0.717, 1.165) is 17.1 Å². The lowest BCUT2D eigenvalue weighted by molar-refractivity contribution is 0.0752. The van der Waals surface area contributed by atoms with Crippen LogP contribution in [0, 0.1) is 5.82 Å². The fourth-order valence-corrected chi connectivity index (χ4v) is 3.77. The minimum atomic E-state index is -0.231. The molecule has 1 aliphatic rings. The van der Waals surface area contributed by atoms with E-state index in [2.05, 4.69) is 9.59 Å². The second-order valence-electron chi connectivity index (χ2n) is 6.05. The zero-order valence-electron chi connectivity index (χ0n) is 14.0. The molecule has 0 radical (unpaired) electrons. The van der Waals surface area contributed by atoms with Crippen LogP contribution in [-0.4, -0.2) is 46.6 Å². The molecule has 5 nitrogen and oxygen atoms in total. The third kappa shape index (κ3) is 3.17. The molecule has 0 unspecified atom stereocenters. The molecule has 7 heteroatoms. The Morgan fingerprint density at radius 2 is 1.65 bits per heavy atom. The summed E-state index contributed by atoms with van der Waals surface area (Å²) >= 11 is 1.12. The minimum absolute atomic E-state index is 0.0629. The fourth-order valence-electron chi connectivity index (χ4n) is 3.12. The summed E-state index contributed by atoms with van der Waals surface area (Å²) in [5.74, 6) is -0.294. The molecule has 0 aliphatic carbocycles. The first-order valence-electron chi connectivity index (χ1n) is 8.40. The number of piperazine rings is 1. The van der Waals surface area contributed by atoms with Crippen LogP contribution < -0.4 is 4.90 Å². The van der Waals surface area contributed by atoms with E-state index in [1.165, 1.54) is 6.07 Å². The number of carbonyl (C=O) groups is 1. The highest BCUT2D eigenvalue weighted by Crippen LogP contribution is 2.26. The van der Waals surface area contributed by atoms with Crippen molar-refractivity contribution in [3.63, 3.8) is 0 Å². The van der Waals surface area contributed by atoms with Crippen LogP contribution in [-0.2, 0) is 0 Å². The van der Waals surface area contributed by atoms with Crippen molar-refractivity contribution in [1.82, 2.24) is 14.5 Å². The van der Waals surface area contributed by atoms with Gasteiger partial charge in [-0.1, -0.05) is 47.0 Å². The monoisotopic (exact) mass is 368 g/mol. The number of nitrogens with zero attached hydrogens (tertiary/aromatic N) is 4. The summed E-state index contributed by atoms with van der Waals surface area (Å²) in [5, 5.41) is 4.14. The Labute approximate surface area is 154 Å². The molecule has 0 spiro atoms. The van der Waals surface area contributed by atoms with Gasteiger partial charge in [-0.05, 0) is 23.7 Å². The Hall–Kier alpha value is -2.80. The van der Waals surface area contributed by atoms with Crippen molar-refractivity contribution in [3.8, 4) is 11.3 Å². The van der Waals surface area contributed by atoms with Gasteiger partial charge in [-0.25, -0.2) is 4.39 Å². The Balaban J connectivity index is 1.48. The smallest absolute Gasteiger partial charge is 0.268 e. The quantitative estimate of drug-likeness (QED) is 0.712. The van der Waals surface area contributed by atoms with Crippen molar-refractivity contribution in [1.29, 1.82) is 0 Å². The lowest BCUT2D eigenvalue weighted by Gasteiger charge is -2.36. The largest absolute Gasteiger partial charge is 0.366 e. The van der Waals surface area contributed by atoms with Gasteiger partial charge >= 0.3 is 0 Å². The molecule has 132 valence electrons. The maximum absolute atomic E-state index is 14.0. The van der Waals surface area contributed by atoms with Gasteiger partial charge < -0.3 is 9.80 Å². The molecule has 1 fully saturated rings. The van der Waals surface area contributed by atoms with Gasteiger partial charge in [-0.3, -0.25) is 4.79 Å². The number of hydrogen-bond donors (Lipinski definition) is 0. The minimum Gasteiger partial charge on any atom is -0.366 e. The van der Waals surface area contributed by atoms with Gasteiger partial charge in [-0.2, -0.15) is 0 Å². The second-order valence-corrected chi connectivity index (χ2v) is 6.80. The summed E-state index contributed by atoms with van der Waals surface area (Å²) in [6, 6.07) is 16.3. The van der Waals surface area contributed by atoms with Gasteiger partial charge in [0.2, 0.25) is 0 Å². The van der Waals surface area contributed by atoms with E-state index in [9.17, 15) is 9.18 Å². The normalized spacial score (nSPS) is 14.5. The van der Waals surface area contributed by atoms with Crippen molar-refractivity contribution >= 4 is 23.1 Å². The van der Waals surface area contributed by atoms with Gasteiger partial charge in [0.15, 0.2) is 0 Å². The molecule has 3 aromatic rings. The number of benzene rings is 2. The lowest BCUT2D eigenvalue weighted by atomic mass is 10.1. The van der Waals surface area contributed by atoms with Gasteiger partial charge in [0.05, 0.1) is 5.69 Å². The predicted octanol–water partition coefficient (Wildman–Crippen LogP) is 3.31. The van der Waals surface area contributed by atoms with E-state index in [1.54, 1.807) is 17.0 Å². The topological polar surface area (TPSA) is 49.3 Å². The average molecular weight is 368 g/mol. The van der Waals surface area contributed by atoms with Gasteiger partial charge in [-0.15, -0.1) is 5.10 Å². The molecule has 1 amide bonds. The standard InChI is InChI=1S/C19H17FN4OS/c20-15-8-4-5-9-16(15)23-10-12-24(13-11-23)19(25)18-17(21-22-26-18)14-6-2-1-3-7-14/h1-9H,10-13H2. The number of halogens is 1. The summed E-state index contributed by atoms with van der Waals surface area (Å²) in [5.41, 5.74) is 2.09. The summed E-state index contributed by atoms with van der Waals surface area (Å²) in [4.78, 5) is 17.2. The number of amides is 1. The van der Waals surface area contributed by atoms with Crippen molar-refractivity contribution in [2.75, 3.05) is 31.1 Å². The Morgan fingerprint density at radius 1 is 0.962 bits per heavy atom. The van der Waals surface area contributed by atoms with Gasteiger partial charge in [0, 0.05) is 31.7 Å². The number of para-hydroxylation sites is 1.